The number of rotatable bonds is 3. The highest BCUT2D eigenvalue weighted by atomic mass is 16.1. The maximum Gasteiger partial charge on any atom is 0.222 e. The van der Waals surface area contributed by atoms with E-state index in [0.29, 0.717) is 12.5 Å². The van der Waals surface area contributed by atoms with E-state index in [-0.39, 0.29) is 16.9 Å². The SMILES string of the molecule is CC1(C)CCCCC1NC(=O)CC1(N)CCC1. The molecule has 3 heteroatoms. The molecular weight excluding hydrogens is 212 g/mol. The minimum absolute atomic E-state index is 0.159. The zero-order valence-electron chi connectivity index (χ0n) is 11.2. The Kier molecular flexibility index (Phi) is 3.48. The van der Waals surface area contributed by atoms with E-state index in [4.69, 9.17) is 5.73 Å². The van der Waals surface area contributed by atoms with Crippen molar-refractivity contribution in [2.24, 2.45) is 11.1 Å². The summed E-state index contributed by atoms with van der Waals surface area (Å²) < 4.78 is 0. The molecule has 2 rings (SSSR count). The summed E-state index contributed by atoms with van der Waals surface area (Å²) in [4.78, 5) is 12.0. The molecular formula is C14H26N2O. The predicted octanol–water partition coefficient (Wildman–Crippen LogP) is 2.34. The van der Waals surface area contributed by atoms with E-state index in [0.717, 1.165) is 19.3 Å². The van der Waals surface area contributed by atoms with Gasteiger partial charge in [0, 0.05) is 18.0 Å². The van der Waals surface area contributed by atoms with Gasteiger partial charge in [-0.25, -0.2) is 0 Å². The molecule has 0 aromatic rings. The third-order valence-electron chi connectivity index (χ3n) is 4.70. The van der Waals surface area contributed by atoms with Crippen LogP contribution in [0, 0.1) is 5.41 Å². The third kappa shape index (κ3) is 3.01. The lowest BCUT2D eigenvalue weighted by molar-refractivity contribution is -0.124. The Morgan fingerprint density at radius 1 is 1.24 bits per heavy atom. The number of nitrogens with two attached hydrogens (primary N) is 1. The average molecular weight is 238 g/mol. The van der Waals surface area contributed by atoms with Crippen LogP contribution in [0.15, 0.2) is 0 Å². The van der Waals surface area contributed by atoms with Gasteiger partial charge in [-0.2, -0.15) is 0 Å². The van der Waals surface area contributed by atoms with Crippen LogP contribution in [0.1, 0.15) is 65.2 Å². The highest BCUT2D eigenvalue weighted by molar-refractivity contribution is 5.77. The monoisotopic (exact) mass is 238 g/mol. The lowest BCUT2D eigenvalue weighted by Crippen LogP contribution is -2.53. The van der Waals surface area contributed by atoms with Crippen molar-refractivity contribution in [2.45, 2.75) is 76.8 Å². The van der Waals surface area contributed by atoms with Gasteiger partial charge in [-0.05, 0) is 37.5 Å². The molecule has 0 bridgehead atoms. The van der Waals surface area contributed by atoms with E-state index in [9.17, 15) is 4.79 Å². The molecule has 0 radical (unpaired) electrons. The number of carbonyl (C=O) groups excluding carboxylic acids is 1. The number of carbonyl (C=O) groups is 1. The van der Waals surface area contributed by atoms with Crippen LogP contribution in [0.4, 0.5) is 0 Å². The summed E-state index contributed by atoms with van der Waals surface area (Å²) in [7, 11) is 0. The van der Waals surface area contributed by atoms with E-state index in [1.165, 1.54) is 25.7 Å². The molecule has 2 aliphatic carbocycles. The minimum Gasteiger partial charge on any atom is -0.353 e. The van der Waals surface area contributed by atoms with Gasteiger partial charge in [-0.1, -0.05) is 26.7 Å². The van der Waals surface area contributed by atoms with Gasteiger partial charge in [-0.15, -0.1) is 0 Å². The smallest absolute Gasteiger partial charge is 0.222 e. The lowest BCUT2D eigenvalue weighted by atomic mass is 9.72. The van der Waals surface area contributed by atoms with Crippen LogP contribution in [0.5, 0.6) is 0 Å². The molecule has 0 aliphatic heterocycles. The van der Waals surface area contributed by atoms with Crippen LogP contribution in [0.2, 0.25) is 0 Å². The minimum atomic E-state index is -0.192. The molecule has 98 valence electrons. The Bertz CT molecular complexity index is 295. The van der Waals surface area contributed by atoms with E-state index >= 15 is 0 Å². The molecule has 17 heavy (non-hydrogen) atoms. The zero-order chi connectivity index (χ0) is 12.5. The molecule has 0 spiro atoms. The Balaban J connectivity index is 1.85. The first kappa shape index (κ1) is 12.9. The molecule has 2 fully saturated rings. The van der Waals surface area contributed by atoms with Crippen molar-refractivity contribution in [3.8, 4) is 0 Å². The summed E-state index contributed by atoms with van der Waals surface area (Å²) >= 11 is 0. The summed E-state index contributed by atoms with van der Waals surface area (Å²) in [5, 5.41) is 3.21. The zero-order valence-corrected chi connectivity index (χ0v) is 11.2. The second-order valence-corrected chi connectivity index (χ2v) is 6.75. The van der Waals surface area contributed by atoms with Crippen molar-refractivity contribution < 1.29 is 4.79 Å². The number of nitrogens with one attached hydrogen (secondary N) is 1. The van der Waals surface area contributed by atoms with Crippen LogP contribution >= 0.6 is 0 Å². The van der Waals surface area contributed by atoms with E-state index < -0.39 is 0 Å². The molecule has 0 heterocycles. The van der Waals surface area contributed by atoms with Crippen LogP contribution < -0.4 is 11.1 Å². The Hall–Kier alpha value is -0.570. The standard InChI is InChI=1S/C14H26N2O/c1-13(2)7-4-3-6-11(13)16-12(17)10-14(15)8-5-9-14/h11H,3-10,15H2,1-2H3,(H,16,17). The molecule has 0 aromatic carbocycles. The van der Waals surface area contributed by atoms with E-state index in [1.807, 2.05) is 0 Å². The lowest BCUT2D eigenvalue weighted by Gasteiger charge is -2.41. The molecule has 1 amide bonds. The first-order chi connectivity index (χ1) is 7.91. The highest BCUT2D eigenvalue weighted by Gasteiger charge is 2.37. The first-order valence-electron chi connectivity index (χ1n) is 7.00. The largest absolute Gasteiger partial charge is 0.353 e. The van der Waals surface area contributed by atoms with Gasteiger partial charge >= 0.3 is 0 Å². The van der Waals surface area contributed by atoms with Crippen molar-refractivity contribution in [3.63, 3.8) is 0 Å². The van der Waals surface area contributed by atoms with Crippen molar-refractivity contribution in [1.82, 2.24) is 5.32 Å². The number of hydrogen-bond donors (Lipinski definition) is 2. The fourth-order valence-electron chi connectivity index (χ4n) is 3.13. The van der Waals surface area contributed by atoms with Gasteiger partial charge in [0.15, 0.2) is 0 Å². The molecule has 2 aliphatic rings. The Morgan fingerprint density at radius 2 is 1.94 bits per heavy atom. The fraction of sp³-hybridized carbons (Fsp3) is 0.929. The summed E-state index contributed by atoms with van der Waals surface area (Å²) in [6, 6.07) is 0.340. The van der Waals surface area contributed by atoms with Gasteiger partial charge in [0.2, 0.25) is 5.91 Å². The van der Waals surface area contributed by atoms with Crippen molar-refractivity contribution in [1.29, 1.82) is 0 Å². The van der Waals surface area contributed by atoms with Crippen molar-refractivity contribution in [2.75, 3.05) is 0 Å². The van der Waals surface area contributed by atoms with Gasteiger partial charge in [0.25, 0.3) is 0 Å². The molecule has 2 saturated carbocycles. The second-order valence-electron chi connectivity index (χ2n) is 6.75. The van der Waals surface area contributed by atoms with Crippen LogP contribution in [-0.4, -0.2) is 17.5 Å². The molecule has 3 N–H and O–H groups in total. The number of amides is 1. The topological polar surface area (TPSA) is 55.1 Å². The first-order valence-corrected chi connectivity index (χ1v) is 7.00. The average Bonchev–Trinajstić information content (AvgIpc) is 2.19. The van der Waals surface area contributed by atoms with Crippen molar-refractivity contribution in [3.05, 3.63) is 0 Å². The summed E-state index contributed by atoms with van der Waals surface area (Å²) in [5.74, 6) is 0.159. The van der Waals surface area contributed by atoms with E-state index in [2.05, 4.69) is 19.2 Å². The van der Waals surface area contributed by atoms with E-state index in [1.54, 1.807) is 0 Å². The Labute approximate surface area is 105 Å². The molecule has 0 aromatic heterocycles. The maximum absolute atomic E-state index is 12.0. The Morgan fingerprint density at radius 3 is 2.47 bits per heavy atom. The summed E-state index contributed by atoms with van der Waals surface area (Å²) in [5.41, 5.74) is 6.17. The van der Waals surface area contributed by atoms with Gasteiger partial charge < -0.3 is 11.1 Å². The van der Waals surface area contributed by atoms with Crippen LogP contribution in [0.25, 0.3) is 0 Å². The third-order valence-corrected chi connectivity index (χ3v) is 4.70. The van der Waals surface area contributed by atoms with Crippen LogP contribution in [-0.2, 0) is 4.79 Å². The normalized spacial score (nSPS) is 30.4. The quantitative estimate of drug-likeness (QED) is 0.793. The molecule has 1 unspecified atom stereocenters. The number of hydrogen-bond acceptors (Lipinski definition) is 2. The van der Waals surface area contributed by atoms with Gasteiger partial charge in [0.1, 0.15) is 0 Å². The van der Waals surface area contributed by atoms with Crippen LogP contribution in [0.3, 0.4) is 0 Å². The molecule has 0 saturated heterocycles. The molecule has 1 atom stereocenters. The fourth-order valence-corrected chi connectivity index (χ4v) is 3.13. The van der Waals surface area contributed by atoms with Gasteiger partial charge in [0.05, 0.1) is 0 Å². The summed E-state index contributed by atoms with van der Waals surface area (Å²) in [6.07, 6.45) is 8.58. The molecule has 3 nitrogen and oxygen atoms in total. The summed E-state index contributed by atoms with van der Waals surface area (Å²) in [6.45, 7) is 4.53. The highest BCUT2D eigenvalue weighted by Crippen LogP contribution is 2.36. The van der Waals surface area contributed by atoms with Gasteiger partial charge in [-0.3, -0.25) is 4.79 Å². The van der Waals surface area contributed by atoms with Crippen molar-refractivity contribution >= 4 is 5.91 Å². The predicted molar refractivity (Wildman–Crippen MR) is 69.6 cm³/mol. The second kappa shape index (κ2) is 4.60. The maximum atomic E-state index is 12.0.